The molecule has 3 aliphatic rings. The van der Waals surface area contributed by atoms with E-state index in [4.69, 9.17) is 9.47 Å². The predicted molar refractivity (Wildman–Crippen MR) is 127 cm³/mol. The van der Waals surface area contributed by atoms with Crippen LogP contribution in [0.4, 0.5) is 0 Å². The summed E-state index contributed by atoms with van der Waals surface area (Å²) in [6.07, 6.45) is -0.335. The number of fused-ring (bicyclic) bond motifs is 1. The molecule has 0 aromatic carbocycles. The lowest BCUT2D eigenvalue weighted by molar-refractivity contribution is -0.313. The van der Waals surface area contributed by atoms with Crippen LogP contribution in [0, 0.1) is 22.7 Å². The van der Waals surface area contributed by atoms with Crippen LogP contribution in [-0.2, 0) is 9.47 Å². The molecule has 2 aliphatic carbocycles. The molecule has 2 saturated carbocycles. The van der Waals surface area contributed by atoms with Crippen LogP contribution in [0.25, 0.3) is 0 Å². The summed E-state index contributed by atoms with van der Waals surface area (Å²) in [6, 6.07) is 0. The van der Waals surface area contributed by atoms with Gasteiger partial charge < -0.3 is 40.1 Å². The normalized spacial score (nSPS) is 45.8. The maximum absolute atomic E-state index is 11.1. The van der Waals surface area contributed by atoms with Gasteiger partial charge in [-0.2, -0.15) is 0 Å². The van der Waals surface area contributed by atoms with Gasteiger partial charge in [-0.25, -0.2) is 0 Å². The van der Waals surface area contributed by atoms with E-state index in [0.717, 1.165) is 37.7 Å². The van der Waals surface area contributed by atoms with Gasteiger partial charge in [0.1, 0.15) is 24.4 Å². The minimum absolute atomic E-state index is 0.0386. The summed E-state index contributed by atoms with van der Waals surface area (Å²) in [5.41, 5.74) is 1.71. The Morgan fingerprint density at radius 1 is 1.12 bits per heavy atom. The molecule has 3 rings (SSSR count). The van der Waals surface area contributed by atoms with Crippen molar-refractivity contribution in [3.63, 3.8) is 0 Å². The molecule has 0 spiro atoms. The topological polar surface area (TPSA) is 140 Å². The summed E-state index contributed by atoms with van der Waals surface area (Å²) in [6.45, 7) is 10.4. The quantitative estimate of drug-likeness (QED) is 0.283. The Bertz CT molecular complexity index is 738. The van der Waals surface area contributed by atoms with Crippen molar-refractivity contribution in [3.05, 3.63) is 23.8 Å². The first kappa shape index (κ1) is 27.7. The summed E-state index contributed by atoms with van der Waals surface area (Å²) in [5, 5.41) is 60.3. The minimum atomic E-state index is -1.50. The van der Waals surface area contributed by atoms with Gasteiger partial charge in [-0.1, -0.05) is 37.6 Å². The molecule has 1 aliphatic heterocycles. The summed E-state index contributed by atoms with van der Waals surface area (Å²) in [4.78, 5) is 0. The van der Waals surface area contributed by atoms with Crippen molar-refractivity contribution in [2.75, 3.05) is 19.8 Å². The molecule has 3 fully saturated rings. The first-order chi connectivity index (χ1) is 16.0. The van der Waals surface area contributed by atoms with Gasteiger partial charge in [0.05, 0.1) is 25.9 Å². The molecule has 6 N–H and O–H groups in total. The van der Waals surface area contributed by atoms with Gasteiger partial charge in [0.25, 0.3) is 0 Å². The molecule has 196 valence electrons. The number of hydrogen-bond donors (Lipinski definition) is 6. The van der Waals surface area contributed by atoms with Crippen LogP contribution in [0.3, 0.4) is 0 Å². The highest BCUT2D eigenvalue weighted by atomic mass is 16.7. The van der Waals surface area contributed by atoms with Gasteiger partial charge >= 0.3 is 0 Å². The molecule has 1 saturated heterocycles. The highest BCUT2D eigenvalue weighted by Crippen LogP contribution is 2.62. The van der Waals surface area contributed by atoms with Crippen LogP contribution >= 0.6 is 0 Å². The van der Waals surface area contributed by atoms with Crippen LogP contribution in [-0.4, -0.2) is 87.3 Å². The van der Waals surface area contributed by atoms with Crippen molar-refractivity contribution in [2.45, 2.75) is 96.1 Å². The Labute approximate surface area is 202 Å². The zero-order valence-electron chi connectivity index (χ0n) is 20.8. The molecule has 1 heterocycles. The third-order valence-corrected chi connectivity index (χ3v) is 9.03. The van der Waals surface area contributed by atoms with Gasteiger partial charge in [0, 0.05) is 5.41 Å². The average molecular weight is 485 g/mol. The Balaban J connectivity index is 1.78. The molecule has 10 atom stereocenters. The van der Waals surface area contributed by atoms with E-state index in [1.54, 1.807) is 0 Å². The molecule has 10 unspecified atom stereocenters. The lowest BCUT2D eigenvalue weighted by atomic mass is 9.46. The van der Waals surface area contributed by atoms with E-state index in [1.165, 1.54) is 5.57 Å². The number of rotatable bonds is 8. The van der Waals surface area contributed by atoms with Crippen LogP contribution in [0.15, 0.2) is 23.8 Å². The first-order valence-corrected chi connectivity index (χ1v) is 12.5. The number of aliphatic hydroxyl groups is 6. The van der Waals surface area contributed by atoms with Gasteiger partial charge in [-0.15, -0.1) is 0 Å². The second-order valence-corrected chi connectivity index (χ2v) is 11.1. The highest BCUT2D eigenvalue weighted by Gasteiger charge is 2.58. The van der Waals surface area contributed by atoms with E-state index in [1.807, 2.05) is 19.9 Å². The summed E-state index contributed by atoms with van der Waals surface area (Å²) >= 11 is 0. The third kappa shape index (κ3) is 5.15. The maximum atomic E-state index is 11.1. The Morgan fingerprint density at radius 3 is 2.47 bits per heavy atom. The molecule has 0 aromatic rings. The van der Waals surface area contributed by atoms with E-state index >= 15 is 0 Å². The molecule has 34 heavy (non-hydrogen) atoms. The van der Waals surface area contributed by atoms with Gasteiger partial charge in [-0.3, -0.25) is 0 Å². The van der Waals surface area contributed by atoms with E-state index < -0.39 is 48.8 Å². The summed E-state index contributed by atoms with van der Waals surface area (Å²) < 4.78 is 11.5. The zero-order valence-corrected chi connectivity index (χ0v) is 20.8. The van der Waals surface area contributed by atoms with Crippen molar-refractivity contribution in [1.82, 2.24) is 0 Å². The molecule has 0 radical (unpaired) electrons. The molecular formula is C26H44O8. The van der Waals surface area contributed by atoms with Crippen LogP contribution in [0.5, 0.6) is 0 Å². The molecular weight excluding hydrogens is 440 g/mol. The zero-order chi connectivity index (χ0) is 25.3. The van der Waals surface area contributed by atoms with E-state index in [9.17, 15) is 30.6 Å². The second-order valence-electron chi connectivity index (χ2n) is 11.1. The fourth-order valence-corrected chi connectivity index (χ4v) is 6.81. The lowest BCUT2D eigenvalue weighted by Crippen LogP contribution is -2.61. The molecule has 8 nitrogen and oxygen atoms in total. The highest BCUT2D eigenvalue weighted by molar-refractivity contribution is 5.18. The molecule has 0 bridgehead atoms. The van der Waals surface area contributed by atoms with Crippen molar-refractivity contribution in [1.29, 1.82) is 0 Å². The van der Waals surface area contributed by atoms with E-state index in [2.05, 4.69) is 13.5 Å². The largest absolute Gasteiger partial charge is 0.394 e. The predicted octanol–water partition coefficient (Wildman–Crippen LogP) is 1.27. The van der Waals surface area contributed by atoms with Crippen LogP contribution < -0.4 is 0 Å². The molecule has 8 heteroatoms. The van der Waals surface area contributed by atoms with Crippen molar-refractivity contribution >= 4 is 0 Å². The number of aliphatic hydroxyl groups excluding tert-OH is 6. The van der Waals surface area contributed by atoms with Crippen molar-refractivity contribution < 1.29 is 40.1 Å². The second kappa shape index (κ2) is 11.0. The number of allylic oxidation sites excluding steroid dienone is 2. The molecule has 0 aromatic heterocycles. The van der Waals surface area contributed by atoms with Crippen LogP contribution in [0.1, 0.15) is 59.3 Å². The fourth-order valence-electron chi connectivity index (χ4n) is 6.81. The van der Waals surface area contributed by atoms with Crippen LogP contribution in [0.2, 0.25) is 0 Å². The monoisotopic (exact) mass is 484 g/mol. The Kier molecular flexibility index (Phi) is 9.02. The minimum Gasteiger partial charge on any atom is -0.394 e. The maximum Gasteiger partial charge on any atom is 0.186 e. The molecule has 0 amide bonds. The summed E-state index contributed by atoms with van der Waals surface area (Å²) in [7, 11) is 0. The van der Waals surface area contributed by atoms with E-state index in [-0.39, 0.29) is 30.5 Å². The number of hydrogen-bond acceptors (Lipinski definition) is 8. The van der Waals surface area contributed by atoms with Crippen molar-refractivity contribution in [2.24, 2.45) is 22.7 Å². The van der Waals surface area contributed by atoms with Crippen molar-refractivity contribution in [3.8, 4) is 0 Å². The first-order valence-electron chi connectivity index (χ1n) is 12.5. The van der Waals surface area contributed by atoms with Gasteiger partial charge in [-0.05, 0) is 62.7 Å². The fraction of sp³-hybridized carbons (Fsp3) is 0.846. The van der Waals surface area contributed by atoms with Gasteiger partial charge in [0.15, 0.2) is 6.29 Å². The van der Waals surface area contributed by atoms with E-state index in [0.29, 0.717) is 6.42 Å². The smallest absolute Gasteiger partial charge is 0.186 e. The Hall–Kier alpha value is -0.840. The average Bonchev–Trinajstić information content (AvgIpc) is 2.79. The van der Waals surface area contributed by atoms with Gasteiger partial charge in [0.2, 0.25) is 0 Å². The standard InChI is InChI=1S/C26H44O8/c1-15(10-12-27)5-7-17-16(2)6-8-19-25(17,3)11-9-20(29)26(19,4)14-33-24-23(32)22(31)21(30)18(13-28)34-24/h10,17-24,27-32H,2,5-9,11-14H2,1,3-4H3. The summed E-state index contributed by atoms with van der Waals surface area (Å²) in [5.74, 6) is 0.429. The number of ether oxygens (including phenoxy) is 2. The SMILES string of the molecule is C=C1CCC2C(C)(COC3OC(CO)C(O)C(O)C3O)C(O)CCC2(C)C1CCC(C)=CCO. The lowest BCUT2D eigenvalue weighted by Gasteiger charge is -2.60. The Morgan fingerprint density at radius 2 is 1.82 bits per heavy atom. The third-order valence-electron chi connectivity index (χ3n) is 9.03.